The van der Waals surface area contributed by atoms with Crippen LogP contribution in [0.25, 0.3) is 6.08 Å². The predicted octanol–water partition coefficient (Wildman–Crippen LogP) is 1.91. The molecule has 0 unspecified atom stereocenters. The highest BCUT2D eigenvalue weighted by molar-refractivity contribution is 8.27. The number of thioether (sulfide) groups is 1. The fraction of sp³-hybridized carbons (Fsp3) is 0.312. The number of hydrazone groups is 1. The van der Waals surface area contributed by atoms with E-state index in [0.29, 0.717) is 16.0 Å². The molecule has 1 fully saturated rings. The van der Waals surface area contributed by atoms with Crippen molar-refractivity contribution >= 4 is 45.7 Å². The van der Waals surface area contributed by atoms with Gasteiger partial charge in [-0.3, -0.25) is 15.0 Å². The number of likely N-dealkylation sites (tertiary alicyclic amines) is 1. The van der Waals surface area contributed by atoms with E-state index in [2.05, 4.69) is 10.1 Å². The van der Waals surface area contributed by atoms with E-state index >= 15 is 0 Å². The SMILES string of the molecule is N=C1C(=Cc2ccco2)C(=O)N=C2SC(CC(=O)N3CCCC3)=NN12. The van der Waals surface area contributed by atoms with Crippen molar-refractivity contribution in [3.05, 3.63) is 29.7 Å². The van der Waals surface area contributed by atoms with Gasteiger partial charge < -0.3 is 9.32 Å². The van der Waals surface area contributed by atoms with Gasteiger partial charge in [-0.15, -0.1) is 0 Å². The fourth-order valence-electron chi connectivity index (χ4n) is 2.83. The van der Waals surface area contributed by atoms with Gasteiger partial charge in [-0.1, -0.05) is 0 Å². The largest absolute Gasteiger partial charge is 0.465 e. The molecule has 0 saturated carbocycles. The van der Waals surface area contributed by atoms with Crippen LogP contribution in [0.5, 0.6) is 0 Å². The summed E-state index contributed by atoms with van der Waals surface area (Å²) in [5.74, 6) is -0.0922. The van der Waals surface area contributed by atoms with Gasteiger partial charge in [0.15, 0.2) is 5.84 Å². The lowest BCUT2D eigenvalue weighted by atomic mass is 10.1. The smallest absolute Gasteiger partial charge is 0.283 e. The Balaban J connectivity index is 1.53. The van der Waals surface area contributed by atoms with Crippen LogP contribution in [0.1, 0.15) is 25.0 Å². The molecular formula is C16H15N5O3S. The van der Waals surface area contributed by atoms with Gasteiger partial charge in [0, 0.05) is 13.1 Å². The highest BCUT2D eigenvalue weighted by Crippen LogP contribution is 2.29. The van der Waals surface area contributed by atoms with Gasteiger partial charge in [0.05, 0.1) is 18.3 Å². The zero-order valence-corrected chi connectivity index (χ0v) is 14.1. The number of aliphatic imine (C=N–C) groups is 1. The molecule has 1 aromatic heterocycles. The molecule has 2 amide bonds. The molecular weight excluding hydrogens is 342 g/mol. The maximum atomic E-state index is 12.3. The van der Waals surface area contributed by atoms with E-state index < -0.39 is 5.91 Å². The number of carbonyl (C=O) groups excluding carboxylic acids is 2. The normalized spacial score (nSPS) is 21.7. The molecule has 128 valence electrons. The Hall–Kier alpha value is -2.68. The van der Waals surface area contributed by atoms with E-state index in [0.717, 1.165) is 25.9 Å². The Labute approximate surface area is 147 Å². The van der Waals surface area contributed by atoms with E-state index in [1.807, 2.05) is 4.90 Å². The van der Waals surface area contributed by atoms with Gasteiger partial charge in [-0.05, 0) is 42.8 Å². The molecule has 0 aliphatic carbocycles. The number of carbonyl (C=O) groups is 2. The molecule has 1 N–H and O–H groups in total. The summed E-state index contributed by atoms with van der Waals surface area (Å²) in [7, 11) is 0. The Bertz CT molecular complexity index is 834. The molecule has 3 aliphatic heterocycles. The Morgan fingerprint density at radius 2 is 2.20 bits per heavy atom. The van der Waals surface area contributed by atoms with Crippen molar-refractivity contribution < 1.29 is 14.0 Å². The number of rotatable bonds is 3. The Morgan fingerprint density at radius 3 is 2.92 bits per heavy atom. The Morgan fingerprint density at radius 1 is 1.40 bits per heavy atom. The summed E-state index contributed by atoms with van der Waals surface area (Å²) in [5, 5.41) is 14.7. The lowest BCUT2D eigenvalue weighted by Crippen LogP contribution is -2.35. The summed E-state index contributed by atoms with van der Waals surface area (Å²) in [6, 6.07) is 3.39. The molecule has 8 nitrogen and oxygen atoms in total. The fourth-order valence-corrected chi connectivity index (χ4v) is 3.70. The van der Waals surface area contributed by atoms with Crippen LogP contribution in [0, 0.1) is 5.41 Å². The summed E-state index contributed by atoms with van der Waals surface area (Å²) in [4.78, 5) is 30.3. The summed E-state index contributed by atoms with van der Waals surface area (Å²) >= 11 is 1.17. The second-order valence-corrected chi connectivity index (χ2v) is 6.83. The standard InChI is InChI=1S/C16H15N5O3S/c17-14-11(8-10-4-3-7-24-10)15(23)18-16-21(14)19-12(25-16)9-13(22)20-5-1-2-6-20/h3-4,7-8,17H,1-2,5-6,9H2. The van der Waals surface area contributed by atoms with Crippen molar-refractivity contribution in [1.82, 2.24) is 9.91 Å². The third-order valence-electron chi connectivity index (χ3n) is 4.09. The van der Waals surface area contributed by atoms with Gasteiger partial charge in [0.1, 0.15) is 10.8 Å². The van der Waals surface area contributed by atoms with Crippen LogP contribution < -0.4 is 0 Å². The number of hydrogen-bond donors (Lipinski definition) is 1. The van der Waals surface area contributed by atoms with Crippen LogP contribution in [-0.4, -0.2) is 50.9 Å². The molecule has 0 spiro atoms. The lowest BCUT2D eigenvalue weighted by Gasteiger charge is -2.19. The summed E-state index contributed by atoms with van der Waals surface area (Å²) in [6.45, 7) is 1.57. The predicted molar refractivity (Wildman–Crippen MR) is 94.1 cm³/mol. The Kier molecular flexibility index (Phi) is 4.00. The molecule has 1 aromatic rings. The van der Waals surface area contributed by atoms with E-state index in [-0.39, 0.29) is 23.7 Å². The first-order chi connectivity index (χ1) is 12.1. The summed E-state index contributed by atoms with van der Waals surface area (Å²) in [5.41, 5.74) is 0.107. The van der Waals surface area contributed by atoms with Crippen molar-refractivity contribution in [2.75, 3.05) is 13.1 Å². The monoisotopic (exact) mass is 357 g/mol. The highest BCUT2D eigenvalue weighted by Gasteiger charge is 2.36. The maximum Gasteiger partial charge on any atom is 0.283 e. The van der Waals surface area contributed by atoms with Crippen molar-refractivity contribution in [3.8, 4) is 0 Å². The first-order valence-corrected chi connectivity index (χ1v) is 8.74. The van der Waals surface area contributed by atoms with Gasteiger partial charge >= 0.3 is 0 Å². The quantitative estimate of drug-likeness (QED) is 0.833. The number of hydrogen-bond acceptors (Lipinski definition) is 6. The maximum absolute atomic E-state index is 12.3. The molecule has 4 heterocycles. The molecule has 0 aromatic carbocycles. The average molecular weight is 357 g/mol. The third-order valence-corrected chi connectivity index (χ3v) is 5.00. The molecule has 3 aliphatic rings. The van der Waals surface area contributed by atoms with E-state index in [1.54, 1.807) is 12.1 Å². The third kappa shape index (κ3) is 3.02. The number of nitrogens with one attached hydrogen (secondary N) is 1. The van der Waals surface area contributed by atoms with Crippen molar-refractivity contribution in [2.24, 2.45) is 10.1 Å². The van der Waals surface area contributed by atoms with Gasteiger partial charge in [0.2, 0.25) is 11.1 Å². The van der Waals surface area contributed by atoms with Crippen LogP contribution >= 0.6 is 11.8 Å². The number of amidine groups is 2. The van der Waals surface area contributed by atoms with Crippen LogP contribution in [0.3, 0.4) is 0 Å². The summed E-state index contributed by atoms with van der Waals surface area (Å²) in [6.07, 6.45) is 5.19. The molecule has 0 bridgehead atoms. The zero-order chi connectivity index (χ0) is 17.4. The average Bonchev–Trinajstić information content (AvgIpc) is 3.32. The van der Waals surface area contributed by atoms with Crippen molar-refractivity contribution in [1.29, 1.82) is 5.41 Å². The first-order valence-electron chi connectivity index (χ1n) is 7.92. The number of furan rings is 1. The van der Waals surface area contributed by atoms with Gasteiger partial charge in [0.25, 0.3) is 5.91 Å². The second-order valence-electron chi connectivity index (χ2n) is 5.79. The van der Waals surface area contributed by atoms with Crippen LogP contribution in [0.15, 0.2) is 38.5 Å². The number of nitrogens with zero attached hydrogens (tertiary/aromatic N) is 4. The van der Waals surface area contributed by atoms with E-state index in [9.17, 15) is 9.59 Å². The number of amides is 2. The molecule has 25 heavy (non-hydrogen) atoms. The van der Waals surface area contributed by atoms with Gasteiger partial charge in [-0.2, -0.15) is 15.1 Å². The minimum absolute atomic E-state index is 0.0217. The lowest BCUT2D eigenvalue weighted by molar-refractivity contribution is -0.128. The van der Waals surface area contributed by atoms with Crippen LogP contribution in [0.2, 0.25) is 0 Å². The van der Waals surface area contributed by atoms with Crippen molar-refractivity contribution in [2.45, 2.75) is 19.3 Å². The minimum Gasteiger partial charge on any atom is -0.465 e. The molecule has 1 saturated heterocycles. The molecule has 4 rings (SSSR count). The van der Waals surface area contributed by atoms with Crippen LogP contribution in [-0.2, 0) is 9.59 Å². The summed E-state index contributed by atoms with van der Waals surface area (Å²) < 4.78 is 5.19. The molecule has 9 heteroatoms. The first kappa shape index (κ1) is 15.8. The van der Waals surface area contributed by atoms with E-state index in [4.69, 9.17) is 9.83 Å². The highest BCUT2D eigenvalue weighted by atomic mass is 32.2. The van der Waals surface area contributed by atoms with E-state index in [1.165, 1.54) is 29.1 Å². The van der Waals surface area contributed by atoms with Crippen LogP contribution in [0.4, 0.5) is 0 Å². The van der Waals surface area contributed by atoms with Crippen molar-refractivity contribution in [3.63, 3.8) is 0 Å². The zero-order valence-electron chi connectivity index (χ0n) is 13.3. The molecule has 0 radical (unpaired) electrons. The number of fused-ring (bicyclic) bond motifs is 1. The molecule has 0 atom stereocenters. The van der Waals surface area contributed by atoms with Gasteiger partial charge in [-0.25, -0.2) is 0 Å². The minimum atomic E-state index is -0.512. The second kappa shape index (κ2) is 6.32. The topological polar surface area (TPSA) is 102 Å².